The van der Waals surface area contributed by atoms with Gasteiger partial charge < -0.3 is 5.32 Å². The Bertz CT molecular complexity index is 758. The van der Waals surface area contributed by atoms with Crippen molar-refractivity contribution in [3.05, 3.63) is 70.8 Å². The van der Waals surface area contributed by atoms with Gasteiger partial charge in [-0.3, -0.25) is 4.79 Å². The quantitative estimate of drug-likeness (QED) is 0.846. The summed E-state index contributed by atoms with van der Waals surface area (Å²) in [5.41, 5.74) is 5.63. The summed E-state index contributed by atoms with van der Waals surface area (Å²) in [6, 6.07) is 17.9. The van der Waals surface area contributed by atoms with Gasteiger partial charge in [0.1, 0.15) is 0 Å². The van der Waals surface area contributed by atoms with Gasteiger partial charge in [-0.05, 0) is 41.5 Å². The third kappa shape index (κ3) is 2.42. The van der Waals surface area contributed by atoms with Crippen molar-refractivity contribution in [3.8, 4) is 0 Å². The Morgan fingerprint density at radius 2 is 1.36 bits per heavy atom. The molecule has 25 heavy (non-hydrogen) atoms. The Hall–Kier alpha value is -2.09. The molecule has 0 radical (unpaired) electrons. The third-order valence-electron chi connectivity index (χ3n) is 6.59. The van der Waals surface area contributed by atoms with Crippen LogP contribution in [0.3, 0.4) is 0 Å². The lowest BCUT2D eigenvalue weighted by Gasteiger charge is -2.45. The molecule has 1 saturated carbocycles. The summed E-state index contributed by atoms with van der Waals surface area (Å²) in [6.07, 6.45) is 7.10. The summed E-state index contributed by atoms with van der Waals surface area (Å²) in [7, 11) is 0. The predicted octanol–water partition coefficient (Wildman–Crippen LogP) is 4.73. The molecule has 2 heteroatoms. The number of nitrogens with one attached hydrogen (secondary N) is 1. The Morgan fingerprint density at radius 3 is 1.96 bits per heavy atom. The van der Waals surface area contributed by atoms with Crippen LogP contribution in [-0.4, -0.2) is 11.9 Å². The van der Waals surface area contributed by atoms with Crippen LogP contribution in [0.2, 0.25) is 0 Å². The summed E-state index contributed by atoms with van der Waals surface area (Å²) in [5, 5.41) is 3.40. The van der Waals surface area contributed by atoms with Crippen LogP contribution in [0.25, 0.3) is 0 Å². The summed E-state index contributed by atoms with van der Waals surface area (Å²) in [5.74, 6) is 0.961. The van der Waals surface area contributed by atoms with Gasteiger partial charge >= 0.3 is 0 Å². The number of benzene rings is 2. The maximum absolute atomic E-state index is 13.2. The molecule has 0 aliphatic heterocycles. The number of carbonyl (C=O) groups is 1. The van der Waals surface area contributed by atoms with Crippen LogP contribution in [0.5, 0.6) is 0 Å². The summed E-state index contributed by atoms with van der Waals surface area (Å²) < 4.78 is 0. The van der Waals surface area contributed by atoms with Crippen molar-refractivity contribution < 1.29 is 4.79 Å². The molecule has 2 aromatic carbocycles. The first-order valence-electron chi connectivity index (χ1n) is 9.81. The minimum absolute atomic E-state index is 0.0803. The molecule has 0 saturated heterocycles. The van der Waals surface area contributed by atoms with Crippen molar-refractivity contribution in [1.29, 1.82) is 0 Å². The van der Waals surface area contributed by atoms with Crippen LogP contribution >= 0.6 is 0 Å². The molecule has 1 unspecified atom stereocenters. The molecule has 1 fully saturated rings. The molecular weight excluding hydrogens is 306 g/mol. The Balaban J connectivity index is 1.50. The van der Waals surface area contributed by atoms with Crippen LogP contribution in [0.1, 0.15) is 72.6 Å². The normalized spacial score (nSPS) is 27.4. The minimum Gasteiger partial charge on any atom is -0.353 e. The van der Waals surface area contributed by atoms with E-state index in [4.69, 9.17) is 0 Å². The van der Waals surface area contributed by atoms with E-state index in [9.17, 15) is 4.79 Å². The van der Waals surface area contributed by atoms with E-state index in [0.717, 1.165) is 19.3 Å². The van der Waals surface area contributed by atoms with Crippen LogP contribution in [0.15, 0.2) is 48.5 Å². The molecular formula is C23H25NO. The highest BCUT2D eigenvalue weighted by molar-refractivity contribution is 5.82. The molecule has 0 spiro atoms. The zero-order valence-corrected chi connectivity index (χ0v) is 14.6. The molecule has 2 bridgehead atoms. The van der Waals surface area contributed by atoms with Gasteiger partial charge in [-0.15, -0.1) is 0 Å². The van der Waals surface area contributed by atoms with Crippen LogP contribution < -0.4 is 5.32 Å². The minimum atomic E-state index is 0.0803. The highest BCUT2D eigenvalue weighted by Gasteiger charge is 2.46. The first-order valence-corrected chi connectivity index (χ1v) is 9.81. The van der Waals surface area contributed by atoms with Crippen molar-refractivity contribution in [2.45, 2.75) is 56.4 Å². The van der Waals surface area contributed by atoms with Crippen molar-refractivity contribution in [3.63, 3.8) is 0 Å². The Kier molecular flexibility index (Phi) is 3.65. The van der Waals surface area contributed by atoms with E-state index in [0.29, 0.717) is 12.0 Å². The summed E-state index contributed by atoms with van der Waals surface area (Å²) in [6.45, 7) is 0. The topological polar surface area (TPSA) is 29.1 Å². The van der Waals surface area contributed by atoms with Crippen molar-refractivity contribution in [2.24, 2.45) is 5.92 Å². The van der Waals surface area contributed by atoms with Crippen LogP contribution in [-0.2, 0) is 4.79 Å². The van der Waals surface area contributed by atoms with Gasteiger partial charge in [0.2, 0.25) is 5.91 Å². The largest absolute Gasteiger partial charge is 0.353 e. The van der Waals surface area contributed by atoms with Gasteiger partial charge in [0, 0.05) is 23.8 Å². The van der Waals surface area contributed by atoms with Crippen LogP contribution in [0, 0.1) is 5.92 Å². The lowest BCUT2D eigenvalue weighted by Crippen LogP contribution is -2.45. The fraction of sp³-hybridized carbons (Fsp3) is 0.435. The van der Waals surface area contributed by atoms with E-state index >= 15 is 0 Å². The summed E-state index contributed by atoms with van der Waals surface area (Å²) >= 11 is 0. The summed E-state index contributed by atoms with van der Waals surface area (Å²) in [4.78, 5) is 13.2. The van der Waals surface area contributed by atoms with E-state index in [-0.39, 0.29) is 17.7 Å². The van der Waals surface area contributed by atoms with E-state index in [2.05, 4.69) is 53.8 Å². The maximum Gasteiger partial charge on any atom is 0.224 e. The molecule has 2 aromatic rings. The first-order chi connectivity index (χ1) is 12.3. The van der Waals surface area contributed by atoms with Crippen molar-refractivity contribution >= 4 is 5.91 Å². The number of hydrogen-bond acceptors (Lipinski definition) is 1. The van der Waals surface area contributed by atoms with Gasteiger partial charge in [-0.1, -0.05) is 67.8 Å². The molecule has 128 valence electrons. The van der Waals surface area contributed by atoms with Crippen molar-refractivity contribution in [1.82, 2.24) is 5.32 Å². The van der Waals surface area contributed by atoms with E-state index in [1.54, 1.807) is 0 Å². The average molecular weight is 331 g/mol. The average Bonchev–Trinajstić information content (AvgIpc) is 2.69. The number of amides is 1. The molecule has 4 aliphatic rings. The van der Waals surface area contributed by atoms with Gasteiger partial charge in [0.15, 0.2) is 0 Å². The molecule has 0 heterocycles. The number of carbonyl (C=O) groups excluding carboxylic acids is 1. The van der Waals surface area contributed by atoms with Gasteiger partial charge in [0.25, 0.3) is 0 Å². The van der Waals surface area contributed by atoms with E-state index in [1.807, 2.05) is 0 Å². The number of rotatable bonds is 2. The molecule has 1 atom stereocenters. The fourth-order valence-corrected chi connectivity index (χ4v) is 5.45. The van der Waals surface area contributed by atoms with E-state index in [1.165, 1.54) is 41.5 Å². The second kappa shape index (κ2) is 6.01. The number of hydrogen-bond donors (Lipinski definition) is 1. The monoisotopic (exact) mass is 331 g/mol. The number of fused-ring (bicyclic) bond motifs is 1. The Labute approximate surface area is 149 Å². The third-order valence-corrected chi connectivity index (χ3v) is 6.59. The molecule has 1 amide bonds. The van der Waals surface area contributed by atoms with Gasteiger partial charge in [-0.2, -0.15) is 0 Å². The predicted molar refractivity (Wildman–Crippen MR) is 99.7 cm³/mol. The zero-order valence-electron chi connectivity index (χ0n) is 14.6. The molecule has 6 rings (SSSR count). The van der Waals surface area contributed by atoms with Gasteiger partial charge in [-0.25, -0.2) is 0 Å². The SMILES string of the molecule is O=C(NC1CCCCC1)C1CC2c3ccccc3C1c1ccccc12. The standard InChI is InChI=1S/C23H25NO/c25-23(24-15-8-2-1-3-9-15)21-14-20-16-10-4-6-12-18(16)22(21)19-13-7-5-11-17(19)20/h4-7,10-13,15,20-22H,1-3,8-9,14H2,(H,24,25). The lowest BCUT2D eigenvalue weighted by molar-refractivity contribution is -0.127. The molecule has 4 aliphatic carbocycles. The first kappa shape index (κ1) is 15.2. The highest BCUT2D eigenvalue weighted by atomic mass is 16.2. The lowest BCUT2D eigenvalue weighted by atomic mass is 9.59. The van der Waals surface area contributed by atoms with Crippen molar-refractivity contribution in [2.75, 3.05) is 0 Å². The fourth-order valence-electron chi connectivity index (χ4n) is 5.45. The highest BCUT2D eigenvalue weighted by Crippen LogP contribution is 2.55. The molecule has 1 N–H and O–H groups in total. The molecule has 0 aromatic heterocycles. The maximum atomic E-state index is 13.2. The van der Waals surface area contributed by atoms with E-state index < -0.39 is 0 Å². The molecule has 2 nitrogen and oxygen atoms in total. The zero-order chi connectivity index (χ0) is 16.8. The van der Waals surface area contributed by atoms with Gasteiger partial charge in [0.05, 0.1) is 0 Å². The second-order valence-corrected chi connectivity index (χ2v) is 7.97. The smallest absolute Gasteiger partial charge is 0.224 e. The van der Waals surface area contributed by atoms with Crippen LogP contribution in [0.4, 0.5) is 0 Å². The second-order valence-electron chi connectivity index (χ2n) is 7.97. The Morgan fingerprint density at radius 1 is 0.800 bits per heavy atom.